The van der Waals surface area contributed by atoms with E-state index in [0.717, 1.165) is 0 Å². The van der Waals surface area contributed by atoms with Gasteiger partial charge in [-0.2, -0.15) is 16.8 Å². The summed E-state index contributed by atoms with van der Waals surface area (Å²) < 4.78 is 46.2. The van der Waals surface area contributed by atoms with E-state index in [2.05, 4.69) is 3.63 Å². The molecule has 0 aliphatic rings. The van der Waals surface area contributed by atoms with Crippen LogP contribution in [0.1, 0.15) is 13.8 Å². The zero-order valence-electron chi connectivity index (χ0n) is 6.27. The second-order valence-corrected chi connectivity index (χ2v) is 5.69. The van der Waals surface area contributed by atoms with Crippen molar-refractivity contribution in [2.75, 3.05) is 11.5 Å². The molecule has 0 N–H and O–H groups in total. The Labute approximate surface area is 66.6 Å². The zero-order chi connectivity index (χ0) is 9.12. The summed E-state index contributed by atoms with van der Waals surface area (Å²) in [5, 5.41) is 0. The highest BCUT2D eigenvalue weighted by atomic mass is 32.3. The molecular formula is C4H10O5S2. The topological polar surface area (TPSA) is 77.5 Å². The van der Waals surface area contributed by atoms with Crippen molar-refractivity contribution in [1.82, 2.24) is 0 Å². The first-order valence-electron chi connectivity index (χ1n) is 2.99. The fourth-order valence-electron chi connectivity index (χ4n) is 0.254. The van der Waals surface area contributed by atoms with Gasteiger partial charge in [0.05, 0.1) is 11.5 Å². The van der Waals surface area contributed by atoms with Gasteiger partial charge in [0.25, 0.3) is 20.2 Å². The third kappa shape index (κ3) is 4.33. The normalized spacial score (nSPS) is 13.3. The van der Waals surface area contributed by atoms with Crippen LogP contribution in [0, 0.1) is 0 Å². The maximum atomic E-state index is 10.6. The minimum Gasteiger partial charge on any atom is -0.198 e. The third-order valence-corrected chi connectivity index (χ3v) is 3.99. The Morgan fingerprint density at radius 2 is 1.18 bits per heavy atom. The average Bonchev–Trinajstić information content (AvgIpc) is 1.86. The van der Waals surface area contributed by atoms with Crippen LogP contribution in [0.3, 0.4) is 0 Å². The van der Waals surface area contributed by atoms with Crippen LogP contribution in [-0.2, 0) is 23.9 Å². The third-order valence-electron chi connectivity index (χ3n) is 0.914. The average molecular weight is 202 g/mol. The standard InChI is InChI=1S/C4H10O5S2/c1-3-10(5,6)9-11(7,8)4-2/h3-4H2,1-2H3. The molecule has 0 aromatic heterocycles. The van der Waals surface area contributed by atoms with Crippen LogP contribution in [0.4, 0.5) is 0 Å². The Balaban J connectivity index is 4.54. The molecule has 0 spiro atoms. The molecule has 0 amide bonds. The monoisotopic (exact) mass is 202 g/mol. The predicted molar refractivity (Wildman–Crippen MR) is 40.0 cm³/mol. The van der Waals surface area contributed by atoms with E-state index in [1.54, 1.807) is 0 Å². The zero-order valence-corrected chi connectivity index (χ0v) is 7.90. The maximum Gasteiger partial charge on any atom is 0.281 e. The summed E-state index contributed by atoms with van der Waals surface area (Å²) in [5.74, 6) is -0.682. The molecule has 0 aliphatic carbocycles. The van der Waals surface area contributed by atoms with Gasteiger partial charge in [0, 0.05) is 0 Å². The Morgan fingerprint density at radius 3 is 1.36 bits per heavy atom. The molecule has 0 rings (SSSR count). The van der Waals surface area contributed by atoms with Gasteiger partial charge in [-0.3, -0.25) is 0 Å². The van der Waals surface area contributed by atoms with Crippen molar-refractivity contribution >= 4 is 20.2 Å². The van der Waals surface area contributed by atoms with Gasteiger partial charge in [0.15, 0.2) is 0 Å². The fraction of sp³-hybridized carbons (Fsp3) is 1.00. The number of hydrogen-bond donors (Lipinski definition) is 0. The van der Waals surface area contributed by atoms with Crippen LogP contribution in [0.25, 0.3) is 0 Å². The quantitative estimate of drug-likeness (QED) is 0.625. The molecule has 0 saturated carbocycles. The first-order chi connectivity index (χ1) is 4.83. The van der Waals surface area contributed by atoms with Crippen molar-refractivity contribution < 1.29 is 20.5 Å². The van der Waals surface area contributed by atoms with E-state index in [9.17, 15) is 16.8 Å². The molecule has 0 saturated heterocycles. The van der Waals surface area contributed by atoms with Crippen molar-refractivity contribution in [3.63, 3.8) is 0 Å². The van der Waals surface area contributed by atoms with E-state index in [-0.39, 0.29) is 11.5 Å². The highest BCUT2D eigenvalue weighted by Crippen LogP contribution is 2.00. The Kier molecular flexibility index (Phi) is 3.46. The van der Waals surface area contributed by atoms with Crippen LogP contribution < -0.4 is 0 Å². The Bertz CT molecular complexity index is 265. The molecule has 0 radical (unpaired) electrons. The van der Waals surface area contributed by atoms with Crippen LogP contribution in [0.2, 0.25) is 0 Å². The van der Waals surface area contributed by atoms with Crippen LogP contribution in [-0.4, -0.2) is 28.3 Å². The van der Waals surface area contributed by atoms with Gasteiger partial charge in [-0.05, 0) is 13.8 Å². The summed E-state index contributed by atoms with van der Waals surface area (Å²) in [4.78, 5) is 0. The molecule has 5 nitrogen and oxygen atoms in total. The molecule has 0 unspecified atom stereocenters. The summed E-state index contributed by atoms with van der Waals surface area (Å²) in [6.07, 6.45) is 0. The van der Waals surface area contributed by atoms with Gasteiger partial charge in [0.2, 0.25) is 0 Å². The summed E-state index contributed by atoms with van der Waals surface area (Å²) in [6.45, 7) is 2.61. The fourth-order valence-corrected chi connectivity index (χ4v) is 2.29. The maximum absolute atomic E-state index is 10.6. The molecule has 11 heavy (non-hydrogen) atoms. The Morgan fingerprint density at radius 1 is 0.909 bits per heavy atom. The molecular weight excluding hydrogens is 192 g/mol. The van der Waals surface area contributed by atoms with Gasteiger partial charge in [-0.15, -0.1) is 3.63 Å². The molecule has 0 heterocycles. The predicted octanol–water partition coefficient (Wildman–Crippen LogP) is -0.298. The second-order valence-electron chi connectivity index (χ2n) is 1.76. The van der Waals surface area contributed by atoms with E-state index < -0.39 is 20.2 Å². The Hall–Kier alpha value is -0.140. The van der Waals surface area contributed by atoms with Crippen LogP contribution in [0.15, 0.2) is 0 Å². The molecule has 0 aliphatic heterocycles. The van der Waals surface area contributed by atoms with Crippen molar-refractivity contribution in [2.24, 2.45) is 0 Å². The van der Waals surface area contributed by atoms with Crippen molar-refractivity contribution in [1.29, 1.82) is 0 Å². The van der Waals surface area contributed by atoms with Gasteiger partial charge in [-0.1, -0.05) is 0 Å². The highest BCUT2D eigenvalue weighted by molar-refractivity contribution is 7.99. The lowest BCUT2D eigenvalue weighted by molar-refractivity contribution is 0.463. The lowest BCUT2D eigenvalue weighted by Gasteiger charge is -2.00. The molecule has 68 valence electrons. The van der Waals surface area contributed by atoms with Gasteiger partial charge < -0.3 is 0 Å². The molecule has 0 bridgehead atoms. The van der Waals surface area contributed by atoms with Crippen molar-refractivity contribution in [3.05, 3.63) is 0 Å². The first-order valence-corrected chi connectivity index (χ1v) is 6.15. The largest absolute Gasteiger partial charge is 0.281 e. The lowest BCUT2D eigenvalue weighted by Crippen LogP contribution is -2.16. The minimum atomic E-state index is -3.88. The minimum absolute atomic E-state index is 0.341. The summed E-state index contributed by atoms with van der Waals surface area (Å²) in [6, 6.07) is 0. The summed E-state index contributed by atoms with van der Waals surface area (Å²) in [5.41, 5.74) is 0. The first kappa shape index (κ1) is 10.9. The van der Waals surface area contributed by atoms with E-state index >= 15 is 0 Å². The van der Waals surface area contributed by atoms with E-state index in [1.807, 2.05) is 0 Å². The highest BCUT2D eigenvalue weighted by Gasteiger charge is 2.18. The molecule has 0 aromatic rings. The van der Waals surface area contributed by atoms with Crippen LogP contribution in [0.5, 0.6) is 0 Å². The van der Waals surface area contributed by atoms with E-state index in [0.29, 0.717) is 0 Å². The number of hydrogen-bond acceptors (Lipinski definition) is 5. The van der Waals surface area contributed by atoms with Gasteiger partial charge >= 0.3 is 0 Å². The van der Waals surface area contributed by atoms with Gasteiger partial charge in [0.1, 0.15) is 0 Å². The smallest absolute Gasteiger partial charge is 0.198 e. The summed E-state index contributed by atoms with van der Waals surface area (Å²) >= 11 is 0. The van der Waals surface area contributed by atoms with E-state index in [1.165, 1.54) is 13.8 Å². The number of rotatable bonds is 4. The van der Waals surface area contributed by atoms with Crippen molar-refractivity contribution in [2.45, 2.75) is 13.8 Å². The molecule has 0 fully saturated rings. The van der Waals surface area contributed by atoms with Crippen LogP contribution >= 0.6 is 0 Å². The SMILES string of the molecule is CCS(=O)(=O)OS(=O)(=O)CC. The second kappa shape index (κ2) is 3.51. The van der Waals surface area contributed by atoms with Crippen molar-refractivity contribution in [3.8, 4) is 0 Å². The lowest BCUT2D eigenvalue weighted by atomic mass is 11.0. The van der Waals surface area contributed by atoms with Gasteiger partial charge in [-0.25, -0.2) is 0 Å². The molecule has 0 atom stereocenters. The molecule has 7 heteroatoms. The summed E-state index contributed by atoms with van der Waals surface area (Å²) in [7, 11) is -7.75. The molecule has 0 aromatic carbocycles. The van der Waals surface area contributed by atoms with E-state index in [4.69, 9.17) is 0 Å².